The molecule has 0 saturated heterocycles. The van der Waals surface area contributed by atoms with Gasteiger partial charge < -0.3 is 15.0 Å². The van der Waals surface area contributed by atoms with Crippen LogP contribution in [-0.4, -0.2) is 23.3 Å². The number of aromatic amines is 1. The largest absolute Gasteiger partial charge is 0.484 e. The van der Waals surface area contributed by atoms with E-state index in [1.54, 1.807) is 51.2 Å². The van der Waals surface area contributed by atoms with Gasteiger partial charge in [0.2, 0.25) is 0 Å². The molecule has 0 aliphatic carbocycles. The normalized spacial score (nSPS) is 10.4. The second kappa shape index (κ2) is 8.28. The number of carbonyl (C=O) groups is 2. The van der Waals surface area contributed by atoms with Crippen molar-refractivity contribution in [2.75, 3.05) is 6.61 Å². The fourth-order valence-corrected chi connectivity index (χ4v) is 2.31. The van der Waals surface area contributed by atoms with E-state index >= 15 is 0 Å². The van der Waals surface area contributed by atoms with Crippen LogP contribution in [0.4, 0.5) is 0 Å². The van der Waals surface area contributed by atoms with Gasteiger partial charge in [-0.15, -0.1) is 0 Å². The summed E-state index contributed by atoms with van der Waals surface area (Å²) in [6, 6.07) is 6.69. The average Bonchev–Trinajstić information content (AvgIpc) is 2.63. The highest BCUT2D eigenvalue weighted by Gasteiger charge is 2.08. The molecule has 0 fully saturated rings. The zero-order valence-corrected chi connectivity index (χ0v) is 14.6. The number of hydrogen-bond donors (Lipinski definition) is 2. The van der Waals surface area contributed by atoms with Gasteiger partial charge in [-0.3, -0.25) is 14.4 Å². The van der Waals surface area contributed by atoms with Gasteiger partial charge >= 0.3 is 0 Å². The minimum atomic E-state index is -0.297. The predicted octanol–water partition coefficient (Wildman–Crippen LogP) is 2.28. The molecule has 0 bridgehead atoms. The molecule has 0 saturated carbocycles. The molecule has 1 aromatic heterocycles. The van der Waals surface area contributed by atoms with Gasteiger partial charge in [-0.05, 0) is 38.1 Å². The quantitative estimate of drug-likeness (QED) is 0.756. The molecule has 2 aromatic rings. The molecule has 2 rings (SSSR count). The number of nitrogens with one attached hydrogen (secondary N) is 2. The fraction of sp³-hybridized carbons (Fsp3) is 0.316. The number of amides is 1. The molecule has 6 heteroatoms. The van der Waals surface area contributed by atoms with Crippen molar-refractivity contribution in [3.8, 4) is 5.75 Å². The van der Waals surface area contributed by atoms with Crippen LogP contribution in [0.2, 0.25) is 0 Å². The molecule has 1 heterocycles. The molecular weight excluding hydrogens is 320 g/mol. The first kappa shape index (κ1) is 18.4. The van der Waals surface area contributed by atoms with E-state index in [0.29, 0.717) is 34.6 Å². The summed E-state index contributed by atoms with van der Waals surface area (Å²) in [6.45, 7) is 5.36. The first-order valence-electron chi connectivity index (χ1n) is 8.13. The SMILES string of the molecule is CCC(=O)c1ccc(OCC(=O)NCc2[nH]cc(C)c(=O)c2C)cc1. The summed E-state index contributed by atoms with van der Waals surface area (Å²) in [5.74, 6) is 0.281. The predicted molar refractivity (Wildman–Crippen MR) is 94.9 cm³/mol. The molecule has 25 heavy (non-hydrogen) atoms. The summed E-state index contributed by atoms with van der Waals surface area (Å²) < 4.78 is 5.40. The standard InChI is InChI=1S/C19H22N2O4/c1-4-17(22)14-5-7-15(8-6-14)25-11-18(23)21-10-16-13(3)19(24)12(2)9-20-16/h5-9H,4,10-11H2,1-3H3,(H,20,24)(H,21,23). The number of ketones is 1. The van der Waals surface area contributed by atoms with Crippen molar-refractivity contribution in [1.82, 2.24) is 10.3 Å². The van der Waals surface area contributed by atoms with Crippen LogP contribution in [0.15, 0.2) is 35.3 Å². The summed E-state index contributed by atoms with van der Waals surface area (Å²) in [7, 11) is 0. The number of aromatic nitrogens is 1. The Morgan fingerprint density at radius 1 is 1.16 bits per heavy atom. The van der Waals surface area contributed by atoms with Crippen molar-refractivity contribution in [2.24, 2.45) is 0 Å². The third-order valence-electron chi connectivity index (χ3n) is 3.94. The molecule has 1 amide bonds. The van der Waals surface area contributed by atoms with E-state index in [2.05, 4.69) is 10.3 Å². The fourth-order valence-electron chi connectivity index (χ4n) is 2.31. The first-order chi connectivity index (χ1) is 11.9. The third-order valence-corrected chi connectivity index (χ3v) is 3.94. The maximum atomic E-state index is 11.9. The minimum Gasteiger partial charge on any atom is -0.484 e. The molecule has 2 N–H and O–H groups in total. The number of pyridine rings is 1. The third kappa shape index (κ3) is 4.79. The Morgan fingerprint density at radius 2 is 1.84 bits per heavy atom. The van der Waals surface area contributed by atoms with E-state index in [0.717, 1.165) is 0 Å². The summed E-state index contributed by atoms with van der Waals surface area (Å²) in [5, 5.41) is 2.71. The smallest absolute Gasteiger partial charge is 0.258 e. The van der Waals surface area contributed by atoms with Gasteiger partial charge in [0.25, 0.3) is 5.91 Å². The average molecular weight is 342 g/mol. The number of rotatable bonds is 7. The van der Waals surface area contributed by atoms with Crippen LogP contribution in [0.1, 0.15) is 40.5 Å². The Balaban J connectivity index is 1.86. The van der Waals surface area contributed by atoms with E-state index in [-0.39, 0.29) is 30.3 Å². The Bertz CT molecular complexity index is 822. The summed E-state index contributed by atoms with van der Waals surface area (Å²) >= 11 is 0. The van der Waals surface area contributed by atoms with Crippen LogP contribution < -0.4 is 15.5 Å². The lowest BCUT2D eigenvalue weighted by Crippen LogP contribution is -2.30. The Morgan fingerprint density at radius 3 is 2.48 bits per heavy atom. The van der Waals surface area contributed by atoms with Gasteiger partial charge in [-0.2, -0.15) is 0 Å². The van der Waals surface area contributed by atoms with Crippen LogP contribution in [0.5, 0.6) is 5.75 Å². The zero-order chi connectivity index (χ0) is 18.4. The second-order valence-corrected chi connectivity index (χ2v) is 5.77. The van der Waals surface area contributed by atoms with Gasteiger partial charge in [0.05, 0.1) is 6.54 Å². The zero-order valence-electron chi connectivity index (χ0n) is 14.6. The molecule has 0 unspecified atom stereocenters. The van der Waals surface area contributed by atoms with Crippen LogP contribution in [0, 0.1) is 13.8 Å². The lowest BCUT2D eigenvalue weighted by atomic mass is 10.1. The van der Waals surface area contributed by atoms with Gasteiger partial charge in [-0.25, -0.2) is 0 Å². The van der Waals surface area contributed by atoms with Crippen molar-refractivity contribution in [1.29, 1.82) is 0 Å². The number of H-pyrrole nitrogens is 1. The van der Waals surface area contributed by atoms with Gasteiger partial charge in [0.1, 0.15) is 5.75 Å². The van der Waals surface area contributed by atoms with E-state index in [1.165, 1.54) is 0 Å². The van der Waals surface area contributed by atoms with Crippen LogP contribution >= 0.6 is 0 Å². The van der Waals surface area contributed by atoms with Gasteiger partial charge in [0, 0.05) is 35.0 Å². The summed E-state index contributed by atoms with van der Waals surface area (Å²) in [5.41, 5.74) is 2.50. The molecule has 1 aromatic carbocycles. The number of aryl methyl sites for hydroxylation is 1. The van der Waals surface area contributed by atoms with Crippen LogP contribution in [-0.2, 0) is 11.3 Å². The van der Waals surface area contributed by atoms with Crippen molar-refractivity contribution in [3.63, 3.8) is 0 Å². The lowest BCUT2D eigenvalue weighted by Gasteiger charge is -2.10. The van der Waals surface area contributed by atoms with Crippen molar-refractivity contribution in [3.05, 3.63) is 63.1 Å². The van der Waals surface area contributed by atoms with E-state index in [1.807, 2.05) is 0 Å². The molecule has 0 aliphatic heterocycles. The number of Topliss-reactive ketones (excluding diaryl/α,β-unsaturated/α-hetero) is 1. The van der Waals surface area contributed by atoms with E-state index in [9.17, 15) is 14.4 Å². The highest BCUT2D eigenvalue weighted by atomic mass is 16.5. The van der Waals surface area contributed by atoms with Crippen LogP contribution in [0.25, 0.3) is 0 Å². The van der Waals surface area contributed by atoms with Crippen molar-refractivity contribution >= 4 is 11.7 Å². The molecule has 0 aliphatic rings. The maximum absolute atomic E-state index is 11.9. The highest BCUT2D eigenvalue weighted by Crippen LogP contribution is 2.13. The van der Waals surface area contributed by atoms with Gasteiger partial charge in [0.15, 0.2) is 17.8 Å². The molecule has 132 valence electrons. The number of carbonyl (C=O) groups excluding carboxylic acids is 2. The molecule has 0 atom stereocenters. The number of hydrogen-bond acceptors (Lipinski definition) is 4. The first-order valence-corrected chi connectivity index (χ1v) is 8.13. The minimum absolute atomic E-state index is 0.0269. The molecule has 0 spiro atoms. The lowest BCUT2D eigenvalue weighted by molar-refractivity contribution is -0.123. The molecular formula is C19H22N2O4. The summed E-state index contributed by atoms with van der Waals surface area (Å²) in [4.78, 5) is 38.3. The van der Waals surface area contributed by atoms with Crippen molar-refractivity contribution < 1.29 is 14.3 Å². The monoisotopic (exact) mass is 342 g/mol. The topological polar surface area (TPSA) is 88.3 Å². The van der Waals surface area contributed by atoms with E-state index in [4.69, 9.17) is 4.74 Å². The Labute approximate surface area is 146 Å². The molecule has 0 radical (unpaired) electrons. The Kier molecular flexibility index (Phi) is 6.11. The molecule has 6 nitrogen and oxygen atoms in total. The van der Waals surface area contributed by atoms with Crippen LogP contribution in [0.3, 0.4) is 0 Å². The number of ether oxygens (including phenoxy) is 1. The second-order valence-electron chi connectivity index (χ2n) is 5.77. The Hall–Kier alpha value is -2.89. The highest BCUT2D eigenvalue weighted by molar-refractivity contribution is 5.95. The number of benzene rings is 1. The maximum Gasteiger partial charge on any atom is 0.258 e. The van der Waals surface area contributed by atoms with Crippen molar-refractivity contribution in [2.45, 2.75) is 33.7 Å². The van der Waals surface area contributed by atoms with E-state index < -0.39 is 0 Å². The van der Waals surface area contributed by atoms with Gasteiger partial charge in [-0.1, -0.05) is 6.92 Å². The summed E-state index contributed by atoms with van der Waals surface area (Å²) in [6.07, 6.45) is 2.08.